The van der Waals surface area contributed by atoms with Crippen LogP contribution in [0, 0.1) is 0 Å². The minimum atomic E-state index is -0.198. The van der Waals surface area contributed by atoms with Crippen molar-refractivity contribution in [3.05, 3.63) is 29.3 Å². The van der Waals surface area contributed by atoms with E-state index < -0.39 is 0 Å². The lowest BCUT2D eigenvalue weighted by Crippen LogP contribution is -2.52. The molecule has 2 aromatic rings. The Hall–Kier alpha value is -1.99. The predicted molar refractivity (Wildman–Crippen MR) is 71.1 cm³/mol. The van der Waals surface area contributed by atoms with Crippen LogP contribution in [0.15, 0.2) is 18.6 Å². The summed E-state index contributed by atoms with van der Waals surface area (Å²) in [5, 5.41) is 4.37. The first kappa shape index (κ1) is 13.0. The molecule has 3 rings (SSSR count). The van der Waals surface area contributed by atoms with Crippen LogP contribution < -0.4 is 0 Å². The number of carbonyl (C=O) groups is 2. The summed E-state index contributed by atoms with van der Waals surface area (Å²) in [6.07, 6.45) is 3.09. The molecule has 1 aliphatic heterocycles. The Kier molecular flexibility index (Phi) is 3.15. The molecule has 0 atom stereocenters. The molecular weight excluding hydrogens is 282 g/mol. The van der Waals surface area contributed by atoms with Crippen molar-refractivity contribution in [1.82, 2.24) is 24.4 Å². The number of halogens is 1. The number of amides is 2. The minimum Gasteiger partial charge on any atom is -0.289 e. The first-order chi connectivity index (χ1) is 9.54. The summed E-state index contributed by atoms with van der Waals surface area (Å²) in [6, 6.07) is 1.78. The maximum absolute atomic E-state index is 11.9. The zero-order valence-corrected chi connectivity index (χ0v) is 11.5. The second kappa shape index (κ2) is 4.84. The zero-order chi connectivity index (χ0) is 14.3. The summed E-state index contributed by atoms with van der Waals surface area (Å²) < 4.78 is 1.58. The Labute approximate surface area is 119 Å². The van der Waals surface area contributed by atoms with Crippen LogP contribution in [-0.2, 0) is 16.1 Å². The summed E-state index contributed by atoms with van der Waals surface area (Å²) in [6.45, 7) is 0.727. The third kappa shape index (κ3) is 2.25. The van der Waals surface area contributed by atoms with Crippen LogP contribution in [0.1, 0.15) is 5.56 Å². The summed E-state index contributed by atoms with van der Waals surface area (Å²) in [7, 11) is 1.75. The lowest BCUT2D eigenvalue weighted by Gasteiger charge is -2.29. The van der Waals surface area contributed by atoms with E-state index in [1.807, 2.05) is 0 Å². The molecule has 8 heteroatoms. The van der Waals surface area contributed by atoms with Gasteiger partial charge in [-0.3, -0.25) is 19.4 Å². The Morgan fingerprint density at radius 1 is 1.30 bits per heavy atom. The topological polar surface area (TPSA) is 70.8 Å². The van der Waals surface area contributed by atoms with Gasteiger partial charge in [-0.15, -0.1) is 0 Å². The van der Waals surface area contributed by atoms with Gasteiger partial charge in [0, 0.05) is 6.20 Å². The molecule has 0 spiro atoms. The first-order valence-electron chi connectivity index (χ1n) is 6.04. The zero-order valence-electron chi connectivity index (χ0n) is 10.8. The van der Waals surface area contributed by atoms with Crippen LogP contribution in [0.3, 0.4) is 0 Å². The molecule has 2 amide bonds. The average molecular weight is 294 g/mol. The molecule has 0 radical (unpaired) electrons. The third-order valence-corrected chi connectivity index (χ3v) is 3.46. The Morgan fingerprint density at radius 2 is 2.00 bits per heavy atom. The molecule has 3 heterocycles. The number of likely N-dealkylation sites (N-methyl/N-ethyl adjacent to an activating group) is 1. The highest BCUT2D eigenvalue weighted by Gasteiger charge is 2.29. The van der Waals surface area contributed by atoms with Crippen molar-refractivity contribution in [2.75, 3.05) is 20.1 Å². The molecular formula is C12H12ClN5O2. The van der Waals surface area contributed by atoms with Gasteiger partial charge in [0.1, 0.15) is 11.8 Å². The smallest absolute Gasteiger partial charge is 0.243 e. The molecule has 7 nitrogen and oxygen atoms in total. The van der Waals surface area contributed by atoms with E-state index in [1.165, 1.54) is 11.2 Å². The normalized spacial score (nSPS) is 17.2. The lowest BCUT2D eigenvalue weighted by atomic mass is 10.2. The highest BCUT2D eigenvalue weighted by Crippen LogP contribution is 2.18. The van der Waals surface area contributed by atoms with Gasteiger partial charge in [0.2, 0.25) is 11.8 Å². The third-order valence-electron chi connectivity index (χ3n) is 3.17. The fourth-order valence-electron chi connectivity index (χ4n) is 2.23. The molecule has 0 N–H and O–H groups in total. The highest BCUT2D eigenvalue weighted by atomic mass is 35.5. The number of rotatable bonds is 2. The van der Waals surface area contributed by atoms with Crippen LogP contribution >= 0.6 is 11.6 Å². The molecule has 1 saturated heterocycles. The second-order valence-electron chi connectivity index (χ2n) is 4.77. The van der Waals surface area contributed by atoms with Crippen LogP contribution in [0.25, 0.3) is 5.52 Å². The van der Waals surface area contributed by atoms with E-state index in [9.17, 15) is 9.59 Å². The predicted octanol–water partition coefficient (Wildman–Crippen LogP) is 0.183. The SMILES string of the molecule is CN1CC(=O)N(Cc2cc3c(Cl)ncnn3c2)C(=O)C1. The van der Waals surface area contributed by atoms with Gasteiger partial charge in [-0.1, -0.05) is 11.6 Å². The summed E-state index contributed by atoms with van der Waals surface area (Å²) in [4.78, 5) is 30.6. The van der Waals surface area contributed by atoms with Crippen molar-refractivity contribution in [3.63, 3.8) is 0 Å². The average Bonchev–Trinajstić information content (AvgIpc) is 2.78. The number of hydrogen-bond acceptors (Lipinski definition) is 5. The molecule has 0 aromatic carbocycles. The number of hydrogen-bond donors (Lipinski definition) is 0. The number of aromatic nitrogens is 3. The van der Waals surface area contributed by atoms with Crippen molar-refractivity contribution in [3.8, 4) is 0 Å². The monoisotopic (exact) mass is 293 g/mol. The summed E-state index contributed by atoms with van der Waals surface area (Å²) in [5.74, 6) is -0.396. The van der Waals surface area contributed by atoms with Crippen LogP contribution in [-0.4, -0.2) is 56.3 Å². The van der Waals surface area contributed by atoms with E-state index in [1.54, 1.807) is 28.7 Å². The van der Waals surface area contributed by atoms with E-state index in [0.717, 1.165) is 5.56 Å². The molecule has 20 heavy (non-hydrogen) atoms. The van der Waals surface area contributed by atoms with Gasteiger partial charge in [0.25, 0.3) is 0 Å². The molecule has 0 unspecified atom stereocenters. The molecule has 1 fully saturated rings. The van der Waals surface area contributed by atoms with Gasteiger partial charge in [-0.05, 0) is 18.7 Å². The van der Waals surface area contributed by atoms with Gasteiger partial charge in [-0.25, -0.2) is 9.50 Å². The van der Waals surface area contributed by atoms with Crippen molar-refractivity contribution in [1.29, 1.82) is 0 Å². The highest BCUT2D eigenvalue weighted by molar-refractivity contribution is 6.32. The van der Waals surface area contributed by atoms with E-state index in [4.69, 9.17) is 11.6 Å². The largest absolute Gasteiger partial charge is 0.289 e. The van der Waals surface area contributed by atoms with Crippen LogP contribution in [0.5, 0.6) is 0 Å². The number of imide groups is 1. The Balaban J connectivity index is 1.87. The van der Waals surface area contributed by atoms with E-state index in [-0.39, 0.29) is 31.4 Å². The van der Waals surface area contributed by atoms with Crippen molar-refractivity contribution < 1.29 is 9.59 Å². The Morgan fingerprint density at radius 3 is 2.65 bits per heavy atom. The first-order valence-corrected chi connectivity index (χ1v) is 6.42. The van der Waals surface area contributed by atoms with Gasteiger partial charge in [0.05, 0.1) is 19.6 Å². The molecule has 0 bridgehead atoms. The maximum Gasteiger partial charge on any atom is 0.243 e. The number of fused-ring (bicyclic) bond motifs is 1. The number of piperazine rings is 1. The van der Waals surface area contributed by atoms with Gasteiger partial charge >= 0.3 is 0 Å². The van der Waals surface area contributed by atoms with Crippen molar-refractivity contribution >= 4 is 28.9 Å². The standard InChI is InChI=1S/C12H12ClN5O2/c1-16-5-10(19)17(11(20)6-16)3-8-2-9-12(13)14-7-15-18(9)4-8/h2,4,7H,3,5-6H2,1H3. The van der Waals surface area contributed by atoms with Crippen LogP contribution in [0.2, 0.25) is 5.15 Å². The van der Waals surface area contributed by atoms with E-state index in [0.29, 0.717) is 10.7 Å². The number of carbonyl (C=O) groups excluding carboxylic acids is 2. The Bertz CT molecular complexity index is 680. The lowest BCUT2D eigenvalue weighted by molar-refractivity contribution is -0.151. The van der Waals surface area contributed by atoms with E-state index in [2.05, 4.69) is 10.1 Å². The summed E-state index contributed by atoms with van der Waals surface area (Å²) in [5.41, 5.74) is 1.44. The number of nitrogens with zero attached hydrogens (tertiary/aromatic N) is 5. The molecule has 0 aliphatic carbocycles. The molecule has 0 saturated carbocycles. The molecule has 104 valence electrons. The summed E-state index contributed by atoms with van der Waals surface area (Å²) >= 11 is 5.96. The fraction of sp³-hybridized carbons (Fsp3) is 0.333. The van der Waals surface area contributed by atoms with E-state index >= 15 is 0 Å². The quantitative estimate of drug-likeness (QED) is 0.739. The van der Waals surface area contributed by atoms with Gasteiger partial charge in [0.15, 0.2) is 5.15 Å². The van der Waals surface area contributed by atoms with Crippen molar-refractivity contribution in [2.45, 2.75) is 6.54 Å². The maximum atomic E-state index is 11.9. The van der Waals surface area contributed by atoms with Crippen LogP contribution in [0.4, 0.5) is 0 Å². The minimum absolute atomic E-state index is 0.198. The molecule has 2 aromatic heterocycles. The fourth-order valence-corrected chi connectivity index (χ4v) is 2.41. The van der Waals surface area contributed by atoms with Crippen molar-refractivity contribution in [2.24, 2.45) is 0 Å². The van der Waals surface area contributed by atoms with Gasteiger partial charge in [-0.2, -0.15) is 5.10 Å². The van der Waals surface area contributed by atoms with Gasteiger partial charge < -0.3 is 0 Å². The molecule has 1 aliphatic rings. The second-order valence-corrected chi connectivity index (χ2v) is 5.13.